The number of rotatable bonds is 0. The Morgan fingerprint density at radius 3 is 3.07 bits per heavy atom. The third-order valence-electron chi connectivity index (χ3n) is 4.89. The number of aliphatic hydroxyl groups is 1. The van der Waals surface area contributed by atoms with Crippen LogP contribution in [0.2, 0.25) is 0 Å². The van der Waals surface area contributed by atoms with Crippen molar-refractivity contribution in [2.24, 2.45) is 5.41 Å². The summed E-state index contributed by atoms with van der Waals surface area (Å²) < 4.78 is 6.17. The number of hydrogen-bond acceptors (Lipinski definition) is 2. The molecular weight excluding hydrogens is 188 g/mol. The van der Waals surface area contributed by atoms with E-state index in [0.29, 0.717) is 6.10 Å². The Labute approximate surface area is 91.3 Å². The third kappa shape index (κ3) is 1.02. The van der Waals surface area contributed by atoms with Gasteiger partial charge in [0, 0.05) is 5.41 Å². The quantitative estimate of drug-likeness (QED) is 0.619. The lowest BCUT2D eigenvalue weighted by molar-refractivity contribution is -0.167. The number of aliphatic hydroxyl groups excluding tert-OH is 1. The van der Waals surface area contributed by atoms with Gasteiger partial charge in [0.05, 0.1) is 12.2 Å². The molecule has 3 fully saturated rings. The smallest absolute Gasteiger partial charge is 0.120 e. The Bertz CT molecular complexity index is 312. The molecule has 4 atom stereocenters. The summed E-state index contributed by atoms with van der Waals surface area (Å²) in [5, 5.41) is 10.3. The monoisotopic (exact) mass is 208 g/mol. The van der Waals surface area contributed by atoms with Crippen LogP contribution in [-0.4, -0.2) is 22.9 Å². The molecule has 15 heavy (non-hydrogen) atoms. The molecule has 0 amide bonds. The van der Waals surface area contributed by atoms with E-state index in [1.165, 1.54) is 12.8 Å². The van der Waals surface area contributed by atoms with E-state index in [9.17, 15) is 5.11 Å². The molecule has 84 valence electrons. The van der Waals surface area contributed by atoms with E-state index in [1.807, 2.05) is 0 Å². The topological polar surface area (TPSA) is 29.5 Å². The van der Waals surface area contributed by atoms with Gasteiger partial charge in [-0.25, -0.2) is 0 Å². The summed E-state index contributed by atoms with van der Waals surface area (Å²) in [5.41, 5.74) is 0.892. The minimum absolute atomic E-state index is 0.142. The lowest BCUT2D eigenvalue weighted by atomic mass is 9.60. The summed E-state index contributed by atoms with van der Waals surface area (Å²) in [6, 6.07) is 0. The number of ether oxygens (including phenoxy) is 1. The average molecular weight is 208 g/mol. The van der Waals surface area contributed by atoms with Gasteiger partial charge >= 0.3 is 0 Å². The molecule has 0 aromatic carbocycles. The van der Waals surface area contributed by atoms with E-state index in [4.69, 9.17) is 4.74 Å². The van der Waals surface area contributed by atoms with Gasteiger partial charge in [-0.1, -0.05) is 13.5 Å². The fraction of sp³-hybridized carbons (Fsp3) is 0.846. The molecular formula is C13H20O2. The van der Waals surface area contributed by atoms with E-state index in [1.54, 1.807) is 0 Å². The molecule has 0 radical (unpaired) electrons. The maximum absolute atomic E-state index is 10.3. The Morgan fingerprint density at radius 1 is 1.47 bits per heavy atom. The van der Waals surface area contributed by atoms with Crippen LogP contribution >= 0.6 is 0 Å². The maximum atomic E-state index is 10.3. The molecule has 3 rings (SSSR count). The zero-order valence-electron chi connectivity index (χ0n) is 9.46. The highest BCUT2D eigenvalue weighted by Gasteiger charge is 2.64. The molecule has 2 saturated heterocycles. The molecule has 1 N–H and O–H groups in total. The van der Waals surface area contributed by atoms with Crippen molar-refractivity contribution in [2.75, 3.05) is 0 Å². The summed E-state index contributed by atoms with van der Waals surface area (Å²) in [6.45, 7) is 6.46. The predicted molar refractivity (Wildman–Crippen MR) is 58.6 cm³/mol. The zero-order valence-corrected chi connectivity index (χ0v) is 9.46. The summed E-state index contributed by atoms with van der Waals surface area (Å²) in [5.74, 6) is 0. The SMILES string of the molecule is C=C1CCC[C@@]2(C)C[C@@H]3CC[C@H](O)[C@]12O3. The molecule has 2 nitrogen and oxygen atoms in total. The van der Waals surface area contributed by atoms with Crippen molar-refractivity contribution in [3.63, 3.8) is 0 Å². The zero-order chi connectivity index (χ0) is 10.7. The van der Waals surface area contributed by atoms with Crippen LogP contribution in [0.1, 0.15) is 45.4 Å². The van der Waals surface area contributed by atoms with Gasteiger partial charge in [-0.15, -0.1) is 0 Å². The molecule has 0 unspecified atom stereocenters. The van der Waals surface area contributed by atoms with Crippen molar-refractivity contribution in [2.45, 2.75) is 63.3 Å². The van der Waals surface area contributed by atoms with Gasteiger partial charge in [0.2, 0.25) is 0 Å². The summed E-state index contributed by atoms with van der Waals surface area (Å²) in [4.78, 5) is 0. The molecule has 2 heteroatoms. The lowest BCUT2D eigenvalue weighted by Crippen LogP contribution is -2.57. The second kappa shape index (κ2) is 2.86. The van der Waals surface area contributed by atoms with E-state index in [2.05, 4.69) is 13.5 Å². The van der Waals surface area contributed by atoms with Crippen molar-refractivity contribution >= 4 is 0 Å². The predicted octanol–water partition coefficient (Wildman–Crippen LogP) is 2.42. The summed E-state index contributed by atoms with van der Waals surface area (Å²) in [6.07, 6.45) is 6.48. The van der Waals surface area contributed by atoms with Gasteiger partial charge in [-0.3, -0.25) is 0 Å². The van der Waals surface area contributed by atoms with Gasteiger partial charge in [0.1, 0.15) is 5.60 Å². The molecule has 0 aromatic heterocycles. The maximum Gasteiger partial charge on any atom is 0.120 e. The highest BCUT2D eigenvalue weighted by molar-refractivity contribution is 5.29. The number of hydrogen-bond donors (Lipinski definition) is 1. The molecule has 2 heterocycles. The van der Waals surface area contributed by atoms with Gasteiger partial charge in [0.25, 0.3) is 0 Å². The van der Waals surface area contributed by atoms with Gasteiger partial charge in [0.15, 0.2) is 0 Å². The Kier molecular flexibility index (Phi) is 1.88. The Hall–Kier alpha value is -0.340. The highest BCUT2D eigenvalue weighted by Crippen LogP contribution is 2.61. The van der Waals surface area contributed by atoms with E-state index in [0.717, 1.165) is 31.3 Å². The van der Waals surface area contributed by atoms with E-state index in [-0.39, 0.29) is 11.5 Å². The van der Waals surface area contributed by atoms with Crippen molar-refractivity contribution in [3.8, 4) is 0 Å². The van der Waals surface area contributed by atoms with Crippen LogP contribution in [0.25, 0.3) is 0 Å². The molecule has 1 aliphatic carbocycles. The van der Waals surface area contributed by atoms with Crippen LogP contribution in [0.15, 0.2) is 12.2 Å². The summed E-state index contributed by atoms with van der Waals surface area (Å²) >= 11 is 0. The summed E-state index contributed by atoms with van der Waals surface area (Å²) in [7, 11) is 0. The lowest BCUT2D eigenvalue weighted by Gasteiger charge is -2.51. The van der Waals surface area contributed by atoms with Gasteiger partial charge < -0.3 is 9.84 Å². The molecule has 1 saturated carbocycles. The van der Waals surface area contributed by atoms with Crippen molar-refractivity contribution < 1.29 is 9.84 Å². The first-order valence-corrected chi connectivity index (χ1v) is 6.13. The Morgan fingerprint density at radius 2 is 2.27 bits per heavy atom. The molecule has 1 spiro atoms. The van der Waals surface area contributed by atoms with Gasteiger partial charge in [-0.2, -0.15) is 0 Å². The van der Waals surface area contributed by atoms with Gasteiger partial charge in [-0.05, 0) is 44.1 Å². The number of fused-ring (bicyclic) bond motifs is 1. The fourth-order valence-electron chi connectivity index (χ4n) is 4.20. The molecule has 0 aromatic rings. The first kappa shape index (κ1) is 9.86. The van der Waals surface area contributed by atoms with Crippen LogP contribution < -0.4 is 0 Å². The van der Waals surface area contributed by atoms with Crippen LogP contribution in [0.5, 0.6) is 0 Å². The van der Waals surface area contributed by atoms with Crippen LogP contribution in [0.4, 0.5) is 0 Å². The van der Waals surface area contributed by atoms with Crippen molar-refractivity contribution in [3.05, 3.63) is 12.2 Å². The highest BCUT2D eigenvalue weighted by atomic mass is 16.5. The normalized spacial score (nSPS) is 54.1. The second-order valence-electron chi connectivity index (χ2n) is 5.79. The third-order valence-corrected chi connectivity index (χ3v) is 4.89. The van der Waals surface area contributed by atoms with Crippen molar-refractivity contribution in [1.82, 2.24) is 0 Å². The second-order valence-corrected chi connectivity index (χ2v) is 5.79. The molecule has 3 aliphatic rings. The van der Waals surface area contributed by atoms with Crippen LogP contribution in [-0.2, 0) is 4.74 Å². The van der Waals surface area contributed by atoms with E-state index >= 15 is 0 Å². The van der Waals surface area contributed by atoms with Crippen LogP contribution in [0.3, 0.4) is 0 Å². The standard InChI is InChI=1S/C13H20O2/c1-9-4-3-7-12(2)8-10-5-6-11(14)13(9,12)15-10/h10-11,14H,1,3-8H2,2H3/t10-,11-,12-,13+/m0/s1. The molecule has 2 aliphatic heterocycles. The Balaban J connectivity index is 2.10. The first-order valence-electron chi connectivity index (χ1n) is 6.13. The first-order chi connectivity index (χ1) is 7.08. The minimum Gasteiger partial charge on any atom is -0.390 e. The minimum atomic E-state index is -0.395. The van der Waals surface area contributed by atoms with E-state index < -0.39 is 5.60 Å². The average Bonchev–Trinajstić information content (AvgIpc) is 2.44. The molecule has 2 bridgehead atoms. The largest absolute Gasteiger partial charge is 0.390 e. The fourth-order valence-corrected chi connectivity index (χ4v) is 4.20. The van der Waals surface area contributed by atoms with Crippen LogP contribution in [0, 0.1) is 5.41 Å². The van der Waals surface area contributed by atoms with Crippen molar-refractivity contribution in [1.29, 1.82) is 0 Å².